The standard InChI is InChI=1S/C18H16N2O4/c21-17(20-10-8-14-3-1-2-9-19-14)12-23-15-6-4-13-5-7-18(22)24-16(13)11-15/h1-7,9,11H,8,10,12H2,(H,20,21). The maximum absolute atomic E-state index is 11.8. The fourth-order valence-electron chi connectivity index (χ4n) is 2.21. The van der Waals surface area contributed by atoms with Gasteiger partial charge >= 0.3 is 5.63 Å². The molecule has 3 aromatic rings. The second kappa shape index (κ2) is 7.41. The number of nitrogens with zero attached hydrogens (tertiary/aromatic N) is 1. The van der Waals surface area contributed by atoms with Crippen LogP contribution in [0.25, 0.3) is 11.0 Å². The van der Waals surface area contributed by atoms with Crippen molar-refractivity contribution in [3.63, 3.8) is 0 Å². The van der Waals surface area contributed by atoms with Crippen molar-refractivity contribution in [2.24, 2.45) is 0 Å². The summed E-state index contributed by atoms with van der Waals surface area (Å²) in [4.78, 5) is 27.2. The molecule has 0 radical (unpaired) electrons. The summed E-state index contributed by atoms with van der Waals surface area (Å²) in [5.74, 6) is 0.247. The van der Waals surface area contributed by atoms with Crippen molar-refractivity contribution in [2.45, 2.75) is 6.42 Å². The molecule has 2 heterocycles. The van der Waals surface area contributed by atoms with Crippen LogP contribution in [0.4, 0.5) is 0 Å². The highest BCUT2D eigenvalue weighted by Crippen LogP contribution is 2.19. The number of nitrogens with one attached hydrogen (secondary N) is 1. The topological polar surface area (TPSA) is 81.4 Å². The molecule has 0 saturated carbocycles. The Labute approximate surface area is 138 Å². The van der Waals surface area contributed by atoms with E-state index < -0.39 is 5.63 Å². The Morgan fingerprint density at radius 3 is 2.88 bits per heavy atom. The number of hydrogen-bond donors (Lipinski definition) is 1. The van der Waals surface area contributed by atoms with Crippen molar-refractivity contribution >= 4 is 16.9 Å². The van der Waals surface area contributed by atoms with E-state index in [9.17, 15) is 9.59 Å². The van der Waals surface area contributed by atoms with Crippen LogP contribution in [0.1, 0.15) is 5.69 Å². The Morgan fingerprint density at radius 1 is 1.17 bits per heavy atom. The Hall–Kier alpha value is -3.15. The molecule has 0 bridgehead atoms. The third-order valence-corrected chi connectivity index (χ3v) is 3.39. The second-order valence-electron chi connectivity index (χ2n) is 5.16. The number of carbonyl (C=O) groups excluding carboxylic acids is 1. The average molecular weight is 324 g/mol. The normalized spacial score (nSPS) is 10.5. The van der Waals surface area contributed by atoms with Crippen LogP contribution in [-0.2, 0) is 11.2 Å². The van der Waals surface area contributed by atoms with Gasteiger partial charge in [0.2, 0.25) is 0 Å². The number of hydrogen-bond acceptors (Lipinski definition) is 5. The third-order valence-electron chi connectivity index (χ3n) is 3.39. The van der Waals surface area contributed by atoms with E-state index in [0.29, 0.717) is 24.3 Å². The van der Waals surface area contributed by atoms with Gasteiger partial charge in [0.05, 0.1) is 0 Å². The minimum absolute atomic E-state index is 0.106. The van der Waals surface area contributed by atoms with Gasteiger partial charge in [-0.2, -0.15) is 0 Å². The van der Waals surface area contributed by atoms with Gasteiger partial charge in [-0.05, 0) is 30.3 Å². The maximum atomic E-state index is 11.8. The summed E-state index contributed by atoms with van der Waals surface area (Å²) in [6.45, 7) is 0.386. The lowest BCUT2D eigenvalue weighted by atomic mass is 10.2. The van der Waals surface area contributed by atoms with E-state index >= 15 is 0 Å². The predicted molar refractivity (Wildman–Crippen MR) is 88.9 cm³/mol. The smallest absolute Gasteiger partial charge is 0.336 e. The van der Waals surface area contributed by atoms with Crippen LogP contribution in [-0.4, -0.2) is 24.0 Å². The van der Waals surface area contributed by atoms with E-state index in [1.54, 1.807) is 30.5 Å². The number of aromatic nitrogens is 1. The van der Waals surface area contributed by atoms with Gasteiger partial charge in [0.25, 0.3) is 5.91 Å². The first kappa shape index (κ1) is 15.7. The molecule has 0 spiro atoms. The lowest BCUT2D eigenvalue weighted by Gasteiger charge is -2.08. The predicted octanol–water partition coefficient (Wildman–Crippen LogP) is 1.93. The van der Waals surface area contributed by atoms with E-state index in [1.165, 1.54) is 6.07 Å². The molecule has 0 unspecified atom stereocenters. The Morgan fingerprint density at radius 2 is 2.04 bits per heavy atom. The number of pyridine rings is 1. The zero-order valence-corrected chi connectivity index (χ0v) is 12.9. The summed E-state index contributed by atoms with van der Waals surface area (Å²) in [6.07, 6.45) is 2.38. The first-order valence-electron chi connectivity index (χ1n) is 7.54. The molecule has 3 rings (SSSR count). The third kappa shape index (κ3) is 4.19. The highest BCUT2D eigenvalue weighted by Gasteiger charge is 2.05. The average Bonchev–Trinajstić information content (AvgIpc) is 2.60. The molecular weight excluding hydrogens is 308 g/mol. The zero-order valence-electron chi connectivity index (χ0n) is 12.9. The molecule has 0 fully saturated rings. The summed E-state index contributed by atoms with van der Waals surface area (Å²) in [5, 5.41) is 3.56. The molecule has 0 aliphatic heterocycles. The van der Waals surface area contributed by atoms with E-state index in [4.69, 9.17) is 9.15 Å². The number of carbonyl (C=O) groups is 1. The summed E-state index contributed by atoms with van der Waals surface area (Å²) in [6, 6.07) is 13.8. The Bertz CT molecular complexity index is 890. The molecule has 1 amide bonds. The van der Waals surface area contributed by atoms with Gasteiger partial charge in [-0.3, -0.25) is 9.78 Å². The van der Waals surface area contributed by atoms with Gasteiger partial charge in [0.15, 0.2) is 6.61 Å². The highest BCUT2D eigenvalue weighted by atomic mass is 16.5. The molecule has 24 heavy (non-hydrogen) atoms. The Kier molecular flexibility index (Phi) is 4.86. The van der Waals surface area contributed by atoms with Crippen LogP contribution in [0.15, 0.2) is 63.9 Å². The molecule has 122 valence electrons. The molecule has 1 N–H and O–H groups in total. The van der Waals surface area contributed by atoms with Crippen molar-refractivity contribution in [2.75, 3.05) is 13.2 Å². The monoisotopic (exact) mass is 324 g/mol. The van der Waals surface area contributed by atoms with Gasteiger partial charge in [0.1, 0.15) is 11.3 Å². The van der Waals surface area contributed by atoms with E-state index in [-0.39, 0.29) is 12.5 Å². The molecule has 1 aromatic carbocycles. The van der Waals surface area contributed by atoms with Crippen LogP contribution < -0.4 is 15.7 Å². The number of rotatable bonds is 6. The molecule has 2 aromatic heterocycles. The molecule has 0 aliphatic carbocycles. The number of ether oxygens (including phenoxy) is 1. The summed E-state index contributed by atoms with van der Waals surface area (Å²) < 4.78 is 10.5. The van der Waals surface area contributed by atoms with Crippen molar-refractivity contribution in [1.29, 1.82) is 0 Å². The van der Waals surface area contributed by atoms with Crippen molar-refractivity contribution in [3.05, 3.63) is 70.8 Å². The zero-order chi connectivity index (χ0) is 16.8. The quantitative estimate of drug-likeness (QED) is 0.701. The molecule has 6 nitrogen and oxygen atoms in total. The van der Waals surface area contributed by atoms with Gasteiger partial charge < -0.3 is 14.5 Å². The summed E-state index contributed by atoms with van der Waals surface area (Å²) in [7, 11) is 0. The first-order valence-corrected chi connectivity index (χ1v) is 7.54. The van der Waals surface area contributed by atoms with E-state index in [2.05, 4.69) is 10.3 Å². The second-order valence-corrected chi connectivity index (χ2v) is 5.16. The van der Waals surface area contributed by atoms with Crippen molar-refractivity contribution in [1.82, 2.24) is 10.3 Å². The summed E-state index contributed by atoms with van der Waals surface area (Å²) >= 11 is 0. The van der Waals surface area contributed by atoms with E-state index in [1.807, 2.05) is 18.2 Å². The molecule has 0 atom stereocenters. The van der Waals surface area contributed by atoms with Crippen LogP contribution in [0, 0.1) is 0 Å². The van der Waals surface area contributed by atoms with Crippen molar-refractivity contribution < 1.29 is 13.9 Å². The van der Waals surface area contributed by atoms with Crippen LogP contribution in [0.5, 0.6) is 5.75 Å². The largest absolute Gasteiger partial charge is 0.484 e. The van der Waals surface area contributed by atoms with E-state index in [0.717, 1.165) is 11.1 Å². The van der Waals surface area contributed by atoms with Crippen LogP contribution in [0.2, 0.25) is 0 Å². The molecular formula is C18H16N2O4. The SMILES string of the molecule is O=C(COc1ccc2ccc(=O)oc2c1)NCCc1ccccn1. The summed E-state index contributed by atoms with van der Waals surface area (Å²) in [5.41, 5.74) is 0.922. The van der Waals surface area contributed by atoms with Gasteiger partial charge in [0, 0.05) is 42.4 Å². The Balaban J connectivity index is 1.50. The first-order chi connectivity index (χ1) is 11.7. The van der Waals surface area contributed by atoms with Gasteiger partial charge in [-0.25, -0.2) is 4.79 Å². The molecule has 0 aliphatic rings. The van der Waals surface area contributed by atoms with Crippen LogP contribution >= 0.6 is 0 Å². The molecule has 6 heteroatoms. The lowest BCUT2D eigenvalue weighted by molar-refractivity contribution is -0.123. The van der Waals surface area contributed by atoms with Gasteiger partial charge in [-0.15, -0.1) is 0 Å². The fraction of sp³-hybridized carbons (Fsp3) is 0.167. The number of amides is 1. The minimum Gasteiger partial charge on any atom is -0.484 e. The number of benzene rings is 1. The van der Waals surface area contributed by atoms with Crippen molar-refractivity contribution in [3.8, 4) is 5.75 Å². The van der Waals surface area contributed by atoms with Crippen LogP contribution in [0.3, 0.4) is 0 Å². The molecule has 0 saturated heterocycles. The number of fused-ring (bicyclic) bond motifs is 1. The lowest BCUT2D eigenvalue weighted by Crippen LogP contribution is -2.30. The van der Waals surface area contributed by atoms with Gasteiger partial charge in [-0.1, -0.05) is 6.07 Å². The maximum Gasteiger partial charge on any atom is 0.336 e. The highest BCUT2D eigenvalue weighted by molar-refractivity contribution is 5.79. The minimum atomic E-state index is -0.424. The fourth-order valence-corrected chi connectivity index (χ4v) is 2.21.